The van der Waals surface area contributed by atoms with E-state index in [-0.39, 0.29) is 6.79 Å². The molecule has 2 fully saturated rings. The molecule has 2 aliphatic rings. The minimum Gasteiger partial charge on any atom is -0.467 e. The fourth-order valence-electron chi connectivity index (χ4n) is 3.81. The lowest BCUT2D eigenvalue weighted by molar-refractivity contribution is 0.0227. The summed E-state index contributed by atoms with van der Waals surface area (Å²) in [5, 5.41) is 12.5. The molecule has 7 nitrogen and oxygen atoms in total. The van der Waals surface area contributed by atoms with Gasteiger partial charge in [-0.05, 0) is 64.4 Å². The number of hydrogen-bond donors (Lipinski definition) is 1. The lowest BCUT2D eigenvalue weighted by Gasteiger charge is -2.30. The molecular formula is C23H29N5O2. The Bertz CT molecular complexity index is 922. The molecule has 1 N–H and O–H groups in total. The van der Waals surface area contributed by atoms with Crippen LogP contribution in [0.3, 0.4) is 0 Å². The second-order valence-electron chi connectivity index (χ2n) is 8.00. The van der Waals surface area contributed by atoms with E-state index in [2.05, 4.69) is 33.4 Å². The third-order valence-electron chi connectivity index (χ3n) is 5.54. The summed E-state index contributed by atoms with van der Waals surface area (Å²) < 4.78 is 11.2. The highest BCUT2D eigenvalue weighted by Gasteiger charge is 2.31. The third kappa shape index (κ3) is 4.89. The van der Waals surface area contributed by atoms with Gasteiger partial charge >= 0.3 is 0 Å². The van der Waals surface area contributed by atoms with E-state index >= 15 is 0 Å². The quantitative estimate of drug-likeness (QED) is 0.409. The molecule has 7 heteroatoms. The van der Waals surface area contributed by atoms with Crippen molar-refractivity contribution in [2.45, 2.75) is 44.6 Å². The van der Waals surface area contributed by atoms with Crippen LogP contribution in [-0.4, -0.2) is 59.7 Å². The van der Waals surface area contributed by atoms with E-state index < -0.39 is 0 Å². The van der Waals surface area contributed by atoms with Gasteiger partial charge in [-0.2, -0.15) is 0 Å². The first-order valence-electron chi connectivity index (χ1n) is 10.7. The topological polar surface area (TPSA) is 72.4 Å². The Kier molecular flexibility index (Phi) is 6.46. The van der Waals surface area contributed by atoms with Crippen LogP contribution in [0.4, 0.5) is 5.95 Å². The molecule has 2 aromatic rings. The lowest BCUT2D eigenvalue weighted by Crippen LogP contribution is -2.40. The number of benzene rings is 1. The van der Waals surface area contributed by atoms with Crippen molar-refractivity contribution in [1.29, 1.82) is 0 Å². The minimum atomic E-state index is 0.159. The summed E-state index contributed by atoms with van der Waals surface area (Å²) >= 11 is 0. The van der Waals surface area contributed by atoms with Crippen molar-refractivity contribution in [3.05, 3.63) is 29.5 Å². The molecule has 1 aliphatic carbocycles. The highest BCUT2D eigenvalue weighted by Crippen LogP contribution is 2.44. The first-order chi connectivity index (χ1) is 14.7. The molecule has 30 heavy (non-hydrogen) atoms. The van der Waals surface area contributed by atoms with Gasteiger partial charge in [0.2, 0.25) is 5.95 Å². The predicted octanol–water partition coefficient (Wildman–Crippen LogP) is 3.28. The van der Waals surface area contributed by atoms with Crippen molar-refractivity contribution in [1.82, 2.24) is 20.1 Å². The van der Waals surface area contributed by atoms with Crippen LogP contribution in [0.1, 0.15) is 49.8 Å². The van der Waals surface area contributed by atoms with Crippen molar-refractivity contribution in [2.24, 2.45) is 0 Å². The predicted molar refractivity (Wildman–Crippen MR) is 116 cm³/mol. The fraction of sp³-hybridized carbons (Fsp3) is 0.522. The molecule has 0 amide bonds. The van der Waals surface area contributed by atoms with Gasteiger partial charge in [0.05, 0.1) is 5.69 Å². The van der Waals surface area contributed by atoms with Crippen LogP contribution >= 0.6 is 0 Å². The first-order valence-corrected chi connectivity index (χ1v) is 10.7. The molecule has 1 aromatic carbocycles. The van der Waals surface area contributed by atoms with Gasteiger partial charge in [-0.15, -0.1) is 16.6 Å². The molecule has 158 valence electrons. The Morgan fingerprint density at radius 2 is 2.13 bits per heavy atom. The number of likely N-dealkylation sites (N-methyl/N-ethyl adjacent to an activating group) is 1. The molecule has 1 saturated carbocycles. The van der Waals surface area contributed by atoms with Crippen molar-refractivity contribution in [2.75, 3.05) is 38.9 Å². The summed E-state index contributed by atoms with van der Waals surface area (Å²) in [6, 6.07) is 6.03. The summed E-state index contributed by atoms with van der Waals surface area (Å²) in [5.74, 6) is 4.33. The molecule has 1 saturated heterocycles. The molecule has 1 aliphatic heterocycles. The first kappa shape index (κ1) is 20.6. The summed E-state index contributed by atoms with van der Waals surface area (Å²) in [5.41, 5.74) is 3.34. The number of rotatable bonds is 8. The fourth-order valence-corrected chi connectivity index (χ4v) is 3.81. The van der Waals surface area contributed by atoms with E-state index in [0.717, 1.165) is 54.9 Å². The van der Waals surface area contributed by atoms with Crippen LogP contribution in [0.5, 0.6) is 5.75 Å². The smallest absolute Gasteiger partial charge is 0.243 e. The number of hydrogen-bond acceptors (Lipinski definition) is 7. The van der Waals surface area contributed by atoms with Crippen molar-refractivity contribution in [3.8, 4) is 29.4 Å². The maximum absolute atomic E-state index is 5.86. The molecule has 1 atom stereocenters. The van der Waals surface area contributed by atoms with Crippen LogP contribution in [0.15, 0.2) is 18.2 Å². The average molecular weight is 408 g/mol. The number of ether oxygens (including phenoxy) is 2. The maximum atomic E-state index is 5.86. The zero-order valence-corrected chi connectivity index (χ0v) is 17.7. The van der Waals surface area contributed by atoms with Crippen LogP contribution < -0.4 is 10.1 Å². The molecular weight excluding hydrogens is 378 g/mol. The van der Waals surface area contributed by atoms with Crippen LogP contribution in [0, 0.1) is 12.3 Å². The summed E-state index contributed by atoms with van der Waals surface area (Å²) in [4.78, 5) is 7.21. The van der Waals surface area contributed by atoms with E-state index in [4.69, 9.17) is 20.9 Å². The van der Waals surface area contributed by atoms with Gasteiger partial charge in [-0.25, -0.2) is 4.98 Å². The zero-order valence-electron chi connectivity index (χ0n) is 17.7. The van der Waals surface area contributed by atoms with E-state index in [1.165, 1.54) is 6.42 Å². The van der Waals surface area contributed by atoms with Gasteiger partial charge in [0, 0.05) is 36.2 Å². The molecule has 0 bridgehead atoms. The Balaban J connectivity index is 1.63. The number of aromatic nitrogens is 3. The lowest BCUT2D eigenvalue weighted by atomic mass is 10.0. The number of piperidine rings is 1. The number of nitrogens with zero attached hydrogens (tertiary/aromatic N) is 4. The van der Waals surface area contributed by atoms with Crippen molar-refractivity contribution >= 4 is 5.95 Å². The van der Waals surface area contributed by atoms with Crippen molar-refractivity contribution in [3.63, 3.8) is 0 Å². The van der Waals surface area contributed by atoms with Gasteiger partial charge in [-0.3, -0.25) is 0 Å². The highest BCUT2D eigenvalue weighted by atomic mass is 16.7. The number of terminal acetylenes is 1. The molecule has 0 radical (unpaired) electrons. The van der Waals surface area contributed by atoms with Gasteiger partial charge in [0.25, 0.3) is 0 Å². The monoisotopic (exact) mass is 407 g/mol. The van der Waals surface area contributed by atoms with E-state index in [1.54, 1.807) is 0 Å². The van der Waals surface area contributed by atoms with E-state index in [0.29, 0.717) is 30.3 Å². The normalized spacial score (nSPS) is 19.3. The number of nitrogens with one attached hydrogen (secondary N) is 1. The van der Waals surface area contributed by atoms with Gasteiger partial charge < -0.3 is 19.7 Å². The molecule has 0 unspecified atom stereocenters. The number of likely N-dealkylation sites (tertiary alicyclic amines) is 1. The van der Waals surface area contributed by atoms with Gasteiger partial charge in [-0.1, -0.05) is 5.92 Å². The van der Waals surface area contributed by atoms with E-state index in [9.17, 15) is 0 Å². The Morgan fingerprint density at radius 3 is 2.87 bits per heavy atom. The Hall–Kier alpha value is -2.69. The number of anilines is 1. The van der Waals surface area contributed by atoms with Crippen molar-refractivity contribution < 1.29 is 9.47 Å². The summed E-state index contributed by atoms with van der Waals surface area (Å²) in [7, 11) is 2.15. The SMILES string of the molecule is C#Cc1ccc(-c2nnc(N[C@@H]3CCCN(C)C3)nc2C2CC2)c(OCOCC)c1. The summed E-state index contributed by atoms with van der Waals surface area (Å²) in [6.45, 7) is 4.80. The van der Waals surface area contributed by atoms with Crippen LogP contribution in [0.2, 0.25) is 0 Å². The molecule has 2 heterocycles. The second-order valence-corrected chi connectivity index (χ2v) is 8.00. The third-order valence-corrected chi connectivity index (χ3v) is 5.54. The average Bonchev–Trinajstić information content (AvgIpc) is 3.59. The molecule has 0 spiro atoms. The van der Waals surface area contributed by atoms with Gasteiger partial charge in [0.15, 0.2) is 6.79 Å². The van der Waals surface area contributed by atoms with Gasteiger partial charge in [0.1, 0.15) is 11.4 Å². The standard InChI is InChI=1S/C23H29N5O2/c1-4-16-8-11-19(20(13-16)30-15-29-5-2)22-21(17-9-10-17)25-23(27-26-22)24-18-7-6-12-28(3)14-18/h1,8,11,13,17-18H,5-7,9-10,12,14-15H2,2-3H3,(H,24,25,27)/t18-/m1/s1. The largest absolute Gasteiger partial charge is 0.467 e. The van der Waals surface area contributed by atoms with Crippen LogP contribution in [0.25, 0.3) is 11.3 Å². The Labute approximate surface area is 178 Å². The minimum absolute atomic E-state index is 0.159. The molecule has 4 rings (SSSR count). The highest BCUT2D eigenvalue weighted by molar-refractivity contribution is 5.71. The zero-order chi connectivity index (χ0) is 20.9. The second kappa shape index (κ2) is 9.41. The maximum Gasteiger partial charge on any atom is 0.243 e. The van der Waals surface area contributed by atoms with Crippen LogP contribution in [-0.2, 0) is 4.74 Å². The molecule has 1 aromatic heterocycles. The Morgan fingerprint density at radius 1 is 1.27 bits per heavy atom. The van der Waals surface area contributed by atoms with E-state index in [1.807, 2.05) is 25.1 Å². The summed E-state index contributed by atoms with van der Waals surface area (Å²) in [6.07, 6.45) is 10.1.